The maximum absolute atomic E-state index is 13.2. The smallest absolute Gasteiger partial charge is 0.254 e. The van der Waals surface area contributed by atoms with E-state index in [2.05, 4.69) is 0 Å². The largest absolute Gasteiger partial charge is 0.494 e. The number of methoxy groups -OCH3 is 1. The van der Waals surface area contributed by atoms with Crippen LogP contribution in [0.3, 0.4) is 0 Å². The van der Waals surface area contributed by atoms with Gasteiger partial charge in [0.15, 0.2) is 11.6 Å². The van der Waals surface area contributed by atoms with Crippen molar-refractivity contribution < 1.29 is 13.9 Å². The van der Waals surface area contributed by atoms with E-state index in [9.17, 15) is 9.18 Å². The predicted molar refractivity (Wildman–Crippen MR) is 60.1 cm³/mol. The molecule has 1 aromatic carbocycles. The summed E-state index contributed by atoms with van der Waals surface area (Å²) in [5, 5.41) is 8.58. The van der Waals surface area contributed by atoms with Gasteiger partial charge in [-0.2, -0.15) is 5.26 Å². The molecule has 0 radical (unpaired) electrons. The van der Waals surface area contributed by atoms with Crippen LogP contribution in [0.25, 0.3) is 0 Å². The molecule has 0 spiro atoms. The van der Waals surface area contributed by atoms with E-state index >= 15 is 0 Å². The van der Waals surface area contributed by atoms with Gasteiger partial charge in [0, 0.05) is 12.1 Å². The van der Waals surface area contributed by atoms with Crippen LogP contribution in [0.1, 0.15) is 17.3 Å². The molecule has 1 amide bonds. The van der Waals surface area contributed by atoms with E-state index in [0.29, 0.717) is 12.1 Å². The quantitative estimate of drug-likeness (QED) is 0.749. The Morgan fingerprint density at radius 1 is 1.59 bits per heavy atom. The van der Waals surface area contributed by atoms with Gasteiger partial charge in [0.1, 0.15) is 6.54 Å². The van der Waals surface area contributed by atoms with E-state index in [1.54, 1.807) is 6.92 Å². The van der Waals surface area contributed by atoms with Crippen LogP contribution >= 0.6 is 0 Å². The highest BCUT2D eigenvalue weighted by atomic mass is 19.1. The van der Waals surface area contributed by atoms with Crippen molar-refractivity contribution in [1.29, 1.82) is 5.26 Å². The first-order valence-electron chi connectivity index (χ1n) is 5.13. The molecular weight excluding hydrogens is 223 g/mol. The highest BCUT2D eigenvalue weighted by Gasteiger charge is 2.15. The fourth-order valence-electron chi connectivity index (χ4n) is 1.39. The van der Waals surface area contributed by atoms with Crippen LogP contribution in [0.15, 0.2) is 18.2 Å². The minimum Gasteiger partial charge on any atom is -0.494 e. The fraction of sp³-hybridized carbons (Fsp3) is 0.333. The highest BCUT2D eigenvalue weighted by molar-refractivity contribution is 5.94. The zero-order valence-electron chi connectivity index (χ0n) is 9.74. The molecule has 0 aromatic heterocycles. The topological polar surface area (TPSA) is 53.3 Å². The van der Waals surface area contributed by atoms with Crippen LogP contribution in [0.5, 0.6) is 5.75 Å². The Labute approximate surface area is 99.2 Å². The maximum Gasteiger partial charge on any atom is 0.254 e. The SMILES string of the molecule is CCN(CC#N)C(=O)c1ccc(F)c(OC)c1. The average molecular weight is 236 g/mol. The second-order valence-corrected chi connectivity index (χ2v) is 3.33. The molecule has 0 atom stereocenters. The van der Waals surface area contributed by atoms with Crippen LogP contribution in [0, 0.1) is 17.1 Å². The lowest BCUT2D eigenvalue weighted by molar-refractivity contribution is 0.0783. The first-order chi connectivity index (χ1) is 8.13. The van der Waals surface area contributed by atoms with Crippen molar-refractivity contribution in [3.8, 4) is 11.8 Å². The molecule has 4 nitrogen and oxygen atoms in total. The number of ether oxygens (including phenoxy) is 1. The average Bonchev–Trinajstić information content (AvgIpc) is 2.35. The summed E-state index contributed by atoms with van der Waals surface area (Å²) in [7, 11) is 1.33. The van der Waals surface area contributed by atoms with Gasteiger partial charge in [-0.3, -0.25) is 4.79 Å². The number of benzene rings is 1. The standard InChI is InChI=1S/C12H13FN2O2/c1-3-15(7-6-14)12(16)9-4-5-10(13)11(8-9)17-2/h4-5,8H,3,7H2,1-2H3. The van der Waals surface area contributed by atoms with Crippen LogP contribution in [0.2, 0.25) is 0 Å². The first kappa shape index (κ1) is 13.0. The monoisotopic (exact) mass is 236 g/mol. The number of carbonyl (C=O) groups is 1. The molecule has 0 aliphatic rings. The van der Waals surface area contributed by atoms with Crippen molar-refractivity contribution in [1.82, 2.24) is 4.90 Å². The Balaban J connectivity index is 3.00. The Kier molecular flexibility index (Phi) is 4.46. The second-order valence-electron chi connectivity index (χ2n) is 3.33. The third-order valence-corrected chi connectivity index (χ3v) is 2.33. The van der Waals surface area contributed by atoms with Crippen LogP contribution < -0.4 is 4.74 Å². The summed E-state index contributed by atoms with van der Waals surface area (Å²) in [5.74, 6) is -0.816. The number of hydrogen-bond donors (Lipinski definition) is 0. The maximum atomic E-state index is 13.2. The van der Waals surface area contributed by atoms with Crippen molar-refractivity contribution >= 4 is 5.91 Å². The number of carbonyl (C=O) groups excluding carboxylic acids is 1. The summed E-state index contributed by atoms with van der Waals surface area (Å²) in [4.78, 5) is 13.3. The molecule has 0 fully saturated rings. The molecule has 0 N–H and O–H groups in total. The van der Waals surface area contributed by atoms with E-state index in [0.717, 1.165) is 0 Å². The molecule has 0 saturated heterocycles. The lowest BCUT2D eigenvalue weighted by Gasteiger charge is -2.17. The van der Waals surface area contributed by atoms with Crippen molar-refractivity contribution in [2.45, 2.75) is 6.92 Å². The molecule has 0 aliphatic heterocycles. The molecule has 1 rings (SSSR count). The minimum atomic E-state index is -0.521. The predicted octanol–water partition coefficient (Wildman–Crippen LogP) is 1.82. The fourth-order valence-corrected chi connectivity index (χ4v) is 1.39. The Morgan fingerprint density at radius 3 is 2.82 bits per heavy atom. The number of nitriles is 1. The second kappa shape index (κ2) is 5.85. The summed E-state index contributed by atoms with van der Waals surface area (Å²) in [6, 6.07) is 5.79. The highest BCUT2D eigenvalue weighted by Crippen LogP contribution is 2.19. The molecular formula is C12H13FN2O2. The van der Waals surface area contributed by atoms with Gasteiger partial charge in [-0.05, 0) is 25.1 Å². The molecule has 0 saturated carbocycles. The minimum absolute atomic E-state index is 0.00895. The number of rotatable bonds is 4. The van der Waals surface area contributed by atoms with Gasteiger partial charge < -0.3 is 9.64 Å². The van der Waals surface area contributed by atoms with E-state index < -0.39 is 5.82 Å². The van der Waals surface area contributed by atoms with E-state index in [-0.39, 0.29) is 18.2 Å². The van der Waals surface area contributed by atoms with Gasteiger partial charge in [0.2, 0.25) is 0 Å². The normalized spacial score (nSPS) is 9.53. The zero-order valence-corrected chi connectivity index (χ0v) is 9.74. The summed E-state index contributed by atoms with van der Waals surface area (Å²) in [6.45, 7) is 2.21. The molecule has 1 aromatic rings. The Hall–Kier alpha value is -2.09. The van der Waals surface area contributed by atoms with E-state index in [1.165, 1.54) is 30.2 Å². The molecule has 0 heterocycles. The Morgan fingerprint density at radius 2 is 2.29 bits per heavy atom. The van der Waals surface area contributed by atoms with Crippen molar-refractivity contribution in [2.75, 3.05) is 20.2 Å². The number of hydrogen-bond acceptors (Lipinski definition) is 3. The van der Waals surface area contributed by atoms with E-state index in [4.69, 9.17) is 10.00 Å². The van der Waals surface area contributed by atoms with Gasteiger partial charge in [-0.1, -0.05) is 0 Å². The number of amides is 1. The third-order valence-electron chi connectivity index (χ3n) is 2.33. The lowest BCUT2D eigenvalue weighted by atomic mass is 10.2. The molecule has 5 heteroatoms. The van der Waals surface area contributed by atoms with Gasteiger partial charge >= 0.3 is 0 Å². The molecule has 0 aliphatic carbocycles. The molecule has 90 valence electrons. The lowest BCUT2D eigenvalue weighted by Crippen LogP contribution is -2.31. The van der Waals surface area contributed by atoms with Gasteiger partial charge in [0.25, 0.3) is 5.91 Å². The number of nitrogens with zero attached hydrogens (tertiary/aromatic N) is 2. The van der Waals surface area contributed by atoms with Gasteiger partial charge in [0.05, 0.1) is 13.2 Å². The van der Waals surface area contributed by atoms with Crippen LogP contribution in [0.4, 0.5) is 4.39 Å². The summed E-state index contributed by atoms with van der Waals surface area (Å²) in [5.41, 5.74) is 0.306. The summed E-state index contributed by atoms with van der Waals surface area (Å²) < 4.78 is 18.0. The van der Waals surface area contributed by atoms with Crippen molar-refractivity contribution in [2.24, 2.45) is 0 Å². The molecule has 0 unspecified atom stereocenters. The first-order valence-corrected chi connectivity index (χ1v) is 5.13. The summed E-state index contributed by atoms with van der Waals surface area (Å²) >= 11 is 0. The van der Waals surface area contributed by atoms with Gasteiger partial charge in [-0.25, -0.2) is 4.39 Å². The summed E-state index contributed by atoms with van der Waals surface area (Å²) in [6.07, 6.45) is 0. The van der Waals surface area contributed by atoms with E-state index in [1.807, 2.05) is 6.07 Å². The van der Waals surface area contributed by atoms with Crippen molar-refractivity contribution in [3.63, 3.8) is 0 Å². The van der Waals surface area contributed by atoms with Crippen LogP contribution in [-0.2, 0) is 0 Å². The number of halogens is 1. The molecule has 0 bridgehead atoms. The van der Waals surface area contributed by atoms with Gasteiger partial charge in [-0.15, -0.1) is 0 Å². The van der Waals surface area contributed by atoms with Crippen molar-refractivity contribution in [3.05, 3.63) is 29.6 Å². The zero-order chi connectivity index (χ0) is 12.8. The third kappa shape index (κ3) is 2.94. The Bertz CT molecular complexity index is 454. The molecule has 17 heavy (non-hydrogen) atoms. The van der Waals surface area contributed by atoms with Crippen LogP contribution in [-0.4, -0.2) is 31.0 Å².